The van der Waals surface area contributed by atoms with Crippen LogP contribution in [-0.2, 0) is 24.1 Å². The van der Waals surface area contributed by atoms with E-state index in [9.17, 15) is 17.8 Å². The predicted octanol–water partition coefficient (Wildman–Crippen LogP) is -1.63. The number of methoxy groups -OCH3 is 1. The van der Waals surface area contributed by atoms with Gasteiger partial charge in [-0.1, -0.05) is 0 Å². The quantitative estimate of drug-likeness (QED) is 0.348. The van der Waals surface area contributed by atoms with Gasteiger partial charge in [-0.3, -0.25) is 8.98 Å². The highest BCUT2D eigenvalue weighted by Gasteiger charge is 2.31. The van der Waals surface area contributed by atoms with Crippen molar-refractivity contribution in [3.05, 3.63) is 0 Å². The fraction of sp³-hybridized carbons (Fsp3) is 0.833. The molecule has 0 aromatic heterocycles. The molecule has 14 heavy (non-hydrogen) atoms. The average molecular weight is 224 g/mol. The van der Waals surface area contributed by atoms with Crippen molar-refractivity contribution < 1.29 is 26.7 Å². The predicted molar refractivity (Wildman–Crippen MR) is 43.0 cm³/mol. The SMILES string of the molecule is COC(=O)[C@@H]1C[C@@H](OS(=O)(=O)[O-])CN1. The molecule has 1 saturated heterocycles. The smallest absolute Gasteiger partial charge is 0.322 e. The molecule has 1 fully saturated rings. The number of nitrogens with one attached hydrogen (secondary N) is 1. The minimum atomic E-state index is -4.71. The van der Waals surface area contributed by atoms with Crippen LogP contribution in [0.4, 0.5) is 0 Å². The monoisotopic (exact) mass is 224 g/mol. The summed E-state index contributed by atoms with van der Waals surface area (Å²) in [6, 6.07) is -0.605. The molecular formula is C6H10NO6S-. The molecule has 1 N–H and O–H groups in total. The molecule has 0 spiro atoms. The topological polar surface area (TPSA) is 105 Å². The van der Waals surface area contributed by atoms with E-state index in [1.807, 2.05) is 0 Å². The van der Waals surface area contributed by atoms with E-state index in [4.69, 9.17) is 0 Å². The van der Waals surface area contributed by atoms with Crippen LogP contribution < -0.4 is 5.32 Å². The number of carbonyl (C=O) groups excluding carboxylic acids is 1. The zero-order valence-electron chi connectivity index (χ0n) is 7.43. The molecule has 8 heteroatoms. The molecule has 1 aliphatic rings. The molecule has 0 aromatic rings. The van der Waals surface area contributed by atoms with Crippen molar-refractivity contribution in [2.75, 3.05) is 13.7 Å². The molecule has 0 bridgehead atoms. The zero-order valence-corrected chi connectivity index (χ0v) is 8.24. The van der Waals surface area contributed by atoms with Crippen LogP contribution >= 0.6 is 0 Å². The number of hydrogen-bond acceptors (Lipinski definition) is 7. The maximum absolute atomic E-state index is 11.0. The molecule has 1 rings (SSSR count). The van der Waals surface area contributed by atoms with E-state index < -0.39 is 28.5 Å². The van der Waals surface area contributed by atoms with Crippen LogP contribution in [0.25, 0.3) is 0 Å². The normalized spacial score (nSPS) is 27.6. The van der Waals surface area contributed by atoms with Gasteiger partial charge in [-0.25, -0.2) is 8.42 Å². The summed E-state index contributed by atoms with van der Waals surface area (Å²) >= 11 is 0. The highest BCUT2D eigenvalue weighted by molar-refractivity contribution is 7.80. The Morgan fingerprint density at radius 1 is 1.57 bits per heavy atom. The van der Waals surface area contributed by atoms with E-state index >= 15 is 0 Å². The number of hydrogen-bond donors (Lipinski definition) is 1. The Morgan fingerprint density at radius 3 is 2.71 bits per heavy atom. The summed E-state index contributed by atoms with van der Waals surface area (Å²) in [5.74, 6) is -0.501. The summed E-state index contributed by atoms with van der Waals surface area (Å²) < 4.78 is 39.2. The molecule has 0 saturated carbocycles. The molecule has 1 aliphatic heterocycles. The van der Waals surface area contributed by atoms with Gasteiger partial charge >= 0.3 is 5.97 Å². The third-order valence-electron chi connectivity index (χ3n) is 1.83. The van der Waals surface area contributed by atoms with Gasteiger partial charge < -0.3 is 14.6 Å². The summed E-state index contributed by atoms with van der Waals surface area (Å²) in [7, 11) is -3.48. The third-order valence-corrected chi connectivity index (χ3v) is 2.34. The van der Waals surface area contributed by atoms with Crippen molar-refractivity contribution in [3.63, 3.8) is 0 Å². The van der Waals surface area contributed by atoms with E-state index in [0.717, 1.165) is 0 Å². The van der Waals surface area contributed by atoms with Gasteiger partial charge in [0.2, 0.25) is 10.4 Å². The van der Waals surface area contributed by atoms with Gasteiger partial charge in [-0.15, -0.1) is 0 Å². The molecule has 0 amide bonds. The Hall–Kier alpha value is -0.700. The molecule has 0 radical (unpaired) electrons. The molecule has 2 atom stereocenters. The van der Waals surface area contributed by atoms with Crippen molar-refractivity contribution in [3.8, 4) is 0 Å². The fourth-order valence-corrected chi connectivity index (χ4v) is 1.74. The van der Waals surface area contributed by atoms with Crippen LogP contribution in [0.5, 0.6) is 0 Å². The van der Waals surface area contributed by atoms with Crippen LogP contribution in [-0.4, -0.2) is 44.7 Å². The van der Waals surface area contributed by atoms with Gasteiger partial charge in [0.1, 0.15) is 6.04 Å². The Morgan fingerprint density at radius 2 is 2.21 bits per heavy atom. The lowest BCUT2D eigenvalue weighted by molar-refractivity contribution is -0.142. The van der Waals surface area contributed by atoms with Gasteiger partial charge in [0.15, 0.2) is 0 Å². The second-order valence-electron chi connectivity index (χ2n) is 2.85. The first-order valence-corrected chi connectivity index (χ1v) is 5.21. The van der Waals surface area contributed by atoms with Crippen molar-refractivity contribution >= 4 is 16.4 Å². The van der Waals surface area contributed by atoms with Crippen molar-refractivity contribution in [1.29, 1.82) is 0 Å². The Kier molecular flexibility index (Phi) is 3.43. The second-order valence-corrected chi connectivity index (χ2v) is 3.86. The molecule has 0 unspecified atom stereocenters. The van der Waals surface area contributed by atoms with Crippen LogP contribution in [0.2, 0.25) is 0 Å². The van der Waals surface area contributed by atoms with E-state index in [2.05, 4.69) is 14.2 Å². The molecule has 82 valence electrons. The molecule has 7 nitrogen and oxygen atoms in total. The molecular weight excluding hydrogens is 214 g/mol. The van der Waals surface area contributed by atoms with Gasteiger partial charge in [0, 0.05) is 13.0 Å². The van der Waals surface area contributed by atoms with Gasteiger partial charge in [-0.05, 0) is 0 Å². The Balaban J connectivity index is 2.46. The maximum atomic E-state index is 11.0. The van der Waals surface area contributed by atoms with E-state index in [0.29, 0.717) is 0 Å². The minimum Gasteiger partial charge on any atom is -0.726 e. The summed E-state index contributed by atoms with van der Waals surface area (Å²) in [6.45, 7) is 0.140. The maximum Gasteiger partial charge on any atom is 0.322 e. The van der Waals surface area contributed by atoms with Gasteiger partial charge in [0.05, 0.1) is 13.2 Å². The summed E-state index contributed by atoms with van der Waals surface area (Å²) in [5.41, 5.74) is 0. The first-order chi connectivity index (χ1) is 6.42. The van der Waals surface area contributed by atoms with E-state index in [-0.39, 0.29) is 13.0 Å². The van der Waals surface area contributed by atoms with E-state index in [1.54, 1.807) is 0 Å². The van der Waals surface area contributed by atoms with Crippen LogP contribution in [0, 0.1) is 0 Å². The Bertz CT molecular complexity index is 312. The molecule has 0 aliphatic carbocycles. The lowest BCUT2D eigenvalue weighted by atomic mass is 10.2. The van der Waals surface area contributed by atoms with Gasteiger partial charge in [-0.2, -0.15) is 0 Å². The number of ether oxygens (including phenoxy) is 1. The second kappa shape index (κ2) is 4.22. The van der Waals surface area contributed by atoms with Crippen molar-refractivity contribution in [1.82, 2.24) is 5.32 Å². The van der Waals surface area contributed by atoms with E-state index in [1.165, 1.54) is 7.11 Å². The molecule has 1 heterocycles. The van der Waals surface area contributed by atoms with Crippen molar-refractivity contribution in [2.45, 2.75) is 18.6 Å². The lowest BCUT2D eigenvalue weighted by Gasteiger charge is -2.12. The standard InChI is InChI=1S/C6H11NO6S/c1-12-6(8)5-2-4(3-7-5)13-14(9,10)11/h4-5,7H,2-3H2,1H3,(H,9,10,11)/p-1/t4-,5+/m1/s1. The minimum absolute atomic E-state index is 0.119. The third kappa shape index (κ3) is 3.22. The van der Waals surface area contributed by atoms with Crippen LogP contribution in [0.1, 0.15) is 6.42 Å². The number of carbonyl (C=O) groups is 1. The average Bonchev–Trinajstić information content (AvgIpc) is 2.48. The number of rotatable bonds is 3. The van der Waals surface area contributed by atoms with Gasteiger partial charge in [0.25, 0.3) is 0 Å². The Labute approximate surface area is 81.3 Å². The zero-order chi connectivity index (χ0) is 10.8. The summed E-state index contributed by atoms with van der Waals surface area (Å²) in [6.07, 6.45) is -0.671. The van der Waals surface area contributed by atoms with Crippen molar-refractivity contribution in [2.24, 2.45) is 0 Å². The van der Waals surface area contributed by atoms with Crippen LogP contribution in [0.15, 0.2) is 0 Å². The summed E-state index contributed by atoms with van der Waals surface area (Å²) in [4.78, 5) is 11.0. The summed E-state index contributed by atoms with van der Waals surface area (Å²) in [5, 5.41) is 2.68. The first-order valence-electron chi connectivity index (χ1n) is 3.87. The van der Waals surface area contributed by atoms with Crippen LogP contribution in [0.3, 0.4) is 0 Å². The fourth-order valence-electron chi connectivity index (χ4n) is 1.27. The lowest BCUT2D eigenvalue weighted by Crippen LogP contribution is -2.31. The first kappa shape index (κ1) is 11.4. The highest BCUT2D eigenvalue weighted by Crippen LogP contribution is 2.13. The number of esters is 1. The largest absolute Gasteiger partial charge is 0.726 e. The highest BCUT2D eigenvalue weighted by atomic mass is 32.3. The molecule has 0 aromatic carbocycles.